The molecule has 0 amide bonds. The number of nitriles is 1. The number of aryl methyl sites for hydroxylation is 1. The zero-order valence-corrected chi connectivity index (χ0v) is 10.9. The predicted molar refractivity (Wildman–Crippen MR) is 69.1 cm³/mol. The number of aromatic nitrogens is 1. The number of hydrogen-bond acceptors (Lipinski definition) is 4. The molecular weight excluding hydrogens is 234 g/mol. The van der Waals surface area contributed by atoms with Crippen LogP contribution in [0, 0.1) is 30.4 Å². The summed E-state index contributed by atoms with van der Waals surface area (Å²) in [6, 6.07) is 3.99. The molecule has 1 aliphatic rings. The summed E-state index contributed by atoms with van der Waals surface area (Å²) < 4.78 is 0.834. The highest BCUT2D eigenvalue weighted by Gasteiger charge is 2.21. The molecule has 0 aliphatic carbocycles. The molecule has 0 bridgehead atoms. The summed E-state index contributed by atoms with van der Waals surface area (Å²) in [5, 5.41) is 20.9. The molecule has 4 nitrogen and oxygen atoms in total. The molecule has 1 saturated heterocycles. The van der Waals surface area contributed by atoms with Crippen LogP contribution in [0.2, 0.25) is 0 Å². The smallest absolute Gasteiger partial charge is 0.209 e. The highest BCUT2D eigenvalue weighted by molar-refractivity contribution is 7.99. The first-order valence-corrected chi connectivity index (χ1v) is 6.77. The zero-order valence-electron chi connectivity index (χ0n) is 10.1. The van der Waals surface area contributed by atoms with E-state index in [1.54, 1.807) is 13.8 Å². The third-order valence-corrected chi connectivity index (χ3v) is 3.99. The number of rotatable bonds is 1. The van der Waals surface area contributed by atoms with Crippen molar-refractivity contribution < 1.29 is 4.73 Å². The molecule has 5 heteroatoms. The topological polar surface area (TPSA) is 54.0 Å². The summed E-state index contributed by atoms with van der Waals surface area (Å²) >= 11 is 1.93. The summed E-state index contributed by atoms with van der Waals surface area (Å²) in [6.07, 6.45) is 0. The van der Waals surface area contributed by atoms with Gasteiger partial charge >= 0.3 is 0 Å². The van der Waals surface area contributed by atoms with Crippen LogP contribution in [-0.2, 0) is 0 Å². The molecule has 2 heterocycles. The van der Waals surface area contributed by atoms with E-state index < -0.39 is 0 Å². The fourth-order valence-corrected chi connectivity index (χ4v) is 2.98. The molecule has 90 valence electrons. The lowest BCUT2D eigenvalue weighted by Crippen LogP contribution is -2.38. The Balaban J connectivity index is 2.49. The minimum absolute atomic E-state index is 0.501. The van der Waals surface area contributed by atoms with Crippen molar-refractivity contribution in [2.24, 2.45) is 0 Å². The van der Waals surface area contributed by atoms with E-state index in [0.29, 0.717) is 17.0 Å². The van der Waals surface area contributed by atoms with Gasteiger partial charge in [0.15, 0.2) is 5.69 Å². The third-order valence-electron chi connectivity index (χ3n) is 3.05. The Morgan fingerprint density at radius 1 is 1.41 bits per heavy atom. The van der Waals surface area contributed by atoms with Crippen LogP contribution in [0.5, 0.6) is 0 Å². The van der Waals surface area contributed by atoms with Gasteiger partial charge in [-0.15, -0.1) is 0 Å². The van der Waals surface area contributed by atoms with Gasteiger partial charge in [0.1, 0.15) is 11.6 Å². The Hall–Kier alpha value is -1.41. The fraction of sp³-hybridized carbons (Fsp3) is 0.500. The standard InChI is InChI=1S/C12H15N3OS/c1-9-7-12(14-3-5-17-6-4-14)11(8-13)10(2)15(9)16/h7H,3-6H2,1-2H3. The highest BCUT2D eigenvalue weighted by Crippen LogP contribution is 2.25. The molecule has 0 N–H and O–H groups in total. The van der Waals surface area contributed by atoms with Crippen LogP contribution in [0.25, 0.3) is 0 Å². The molecule has 0 radical (unpaired) electrons. The van der Waals surface area contributed by atoms with E-state index in [1.807, 2.05) is 17.8 Å². The van der Waals surface area contributed by atoms with Crippen molar-refractivity contribution in [3.63, 3.8) is 0 Å². The molecule has 0 spiro atoms. The Morgan fingerprint density at radius 2 is 2.06 bits per heavy atom. The minimum Gasteiger partial charge on any atom is -0.618 e. The second kappa shape index (κ2) is 4.84. The van der Waals surface area contributed by atoms with E-state index in [1.165, 1.54) is 0 Å². The number of pyridine rings is 1. The number of nitrogens with zero attached hydrogens (tertiary/aromatic N) is 3. The lowest BCUT2D eigenvalue weighted by molar-refractivity contribution is -0.619. The van der Waals surface area contributed by atoms with E-state index in [-0.39, 0.29) is 0 Å². The van der Waals surface area contributed by atoms with Gasteiger partial charge in [-0.1, -0.05) is 0 Å². The maximum atomic E-state index is 11.7. The SMILES string of the molecule is Cc1cc(N2CCSCC2)c(C#N)c(C)[n+]1[O-]. The zero-order chi connectivity index (χ0) is 12.4. The molecule has 0 aromatic carbocycles. The van der Waals surface area contributed by atoms with E-state index in [4.69, 9.17) is 0 Å². The maximum Gasteiger partial charge on any atom is 0.209 e. The van der Waals surface area contributed by atoms with Gasteiger partial charge in [-0.2, -0.15) is 21.8 Å². The van der Waals surface area contributed by atoms with Crippen molar-refractivity contribution >= 4 is 17.4 Å². The van der Waals surface area contributed by atoms with Crippen molar-refractivity contribution in [3.05, 3.63) is 28.2 Å². The Labute approximate surface area is 105 Å². The molecule has 0 atom stereocenters. The van der Waals surface area contributed by atoms with Gasteiger partial charge in [0.25, 0.3) is 0 Å². The lowest BCUT2D eigenvalue weighted by atomic mass is 10.1. The van der Waals surface area contributed by atoms with Gasteiger partial charge in [0.05, 0.1) is 5.69 Å². The summed E-state index contributed by atoms with van der Waals surface area (Å²) in [5.74, 6) is 2.16. The maximum absolute atomic E-state index is 11.7. The van der Waals surface area contributed by atoms with Crippen molar-refractivity contribution in [2.75, 3.05) is 29.5 Å². The molecule has 1 fully saturated rings. The molecule has 0 saturated carbocycles. The molecule has 1 aliphatic heterocycles. The third kappa shape index (κ3) is 2.18. The normalized spacial score (nSPS) is 15.7. The summed E-state index contributed by atoms with van der Waals surface area (Å²) in [6.45, 7) is 5.38. The van der Waals surface area contributed by atoms with Crippen molar-refractivity contribution in [3.8, 4) is 6.07 Å². The predicted octanol–water partition coefficient (Wildman–Crippen LogP) is 1.36. The van der Waals surface area contributed by atoms with Crippen LogP contribution >= 0.6 is 11.8 Å². The summed E-state index contributed by atoms with van der Waals surface area (Å²) in [5.41, 5.74) is 2.57. The molecular formula is C12H15N3OS. The summed E-state index contributed by atoms with van der Waals surface area (Å²) in [4.78, 5) is 2.20. The van der Waals surface area contributed by atoms with Gasteiger partial charge < -0.3 is 10.1 Å². The van der Waals surface area contributed by atoms with Crippen molar-refractivity contribution in [2.45, 2.75) is 13.8 Å². The van der Waals surface area contributed by atoms with E-state index in [0.717, 1.165) is 35.0 Å². The monoisotopic (exact) mass is 249 g/mol. The summed E-state index contributed by atoms with van der Waals surface area (Å²) in [7, 11) is 0. The van der Waals surface area contributed by atoms with Crippen LogP contribution < -0.4 is 9.63 Å². The van der Waals surface area contributed by atoms with Crippen LogP contribution in [0.3, 0.4) is 0 Å². The Morgan fingerprint density at radius 3 is 2.65 bits per heavy atom. The number of thioether (sulfide) groups is 1. The first-order valence-electron chi connectivity index (χ1n) is 5.61. The van der Waals surface area contributed by atoms with E-state index >= 15 is 0 Å². The molecule has 17 heavy (non-hydrogen) atoms. The molecule has 1 aromatic rings. The molecule has 1 aromatic heterocycles. The highest BCUT2D eigenvalue weighted by atomic mass is 32.2. The lowest BCUT2D eigenvalue weighted by Gasteiger charge is -2.29. The van der Waals surface area contributed by atoms with Gasteiger partial charge in [-0.25, -0.2) is 0 Å². The van der Waals surface area contributed by atoms with Crippen LogP contribution in [0.15, 0.2) is 6.07 Å². The number of hydrogen-bond donors (Lipinski definition) is 0. The van der Waals surface area contributed by atoms with E-state index in [9.17, 15) is 10.5 Å². The van der Waals surface area contributed by atoms with Gasteiger partial charge in [0.2, 0.25) is 5.69 Å². The van der Waals surface area contributed by atoms with Crippen LogP contribution in [0.1, 0.15) is 17.0 Å². The minimum atomic E-state index is 0.501. The first kappa shape index (κ1) is 12.1. The largest absolute Gasteiger partial charge is 0.618 e. The second-order valence-electron chi connectivity index (χ2n) is 4.14. The molecule has 0 unspecified atom stereocenters. The van der Waals surface area contributed by atoms with Gasteiger partial charge in [-0.3, -0.25) is 0 Å². The average molecular weight is 249 g/mol. The Kier molecular flexibility index (Phi) is 3.43. The van der Waals surface area contributed by atoms with Crippen molar-refractivity contribution in [1.82, 2.24) is 0 Å². The molecule has 2 rings (SSSR count). The van der Waals surface area contributed by atoms with Gasteiger partial charge in [0, 0.05) is 44.5 Å². The van der Waals surface area contributed by atoms with Crippen molar-refractivity contribution in [1.29, 1.82) is 5.26 Å². The van der Waals surface area contributed by atoms with Crippen LogP contribution in [0.4, 0.5) is 5.69 Å². The number of anilines is 1. The fourth-order valence-electron chi connectivity index (χ4n) is 2.07. The second-order valence-corrected chi connectivity index (χ2v) is 5.36. The quantitative estimate of drug-likeness (QED) is 0.557. The Bertz CT molecular complexity index is 476. The first-order chi connectivity index (χ1) is 8.15. The average Bonchev–Trinajstić information content (AvgIpc) is 2.36. The van der Waals surface area contributed by atoms with Crippen LogP contribution in [-0.4, -0.2) is 24.6 Å². The van der Waals surface area contributed by atoms with Gasteiger partial charge in [-0.05, 0) is 0 Å². The van der Waals surface area contributed by atoms with E-state index in [2.05, 4.69) is 11.0 Å².